The zero-order valence-electron chi connectivity index (χ0n) is 5.09. The summed E-state index contributed by atoms with van der Waals surface area (Å²) in [7, 11) is -2.37. The zero-order chi connectivity index (χ0) is 7.11. The van der Waals surface area contributed by atoms with Crippen LogP contribution in [0.4, 0.5) is 0 Å². The Bertz CT molecular complexity index is 130. The van der Waals surface area contributed by atoms with Gasteiger partial charge in [0.25, 0.3) is 0 Å². The second kappa shape index (κ2) is 5.77. The summed E-state index contributed by atoms with van der Waals surface area (Å²) in [6, 6.07) is 0. The molecule has 0 spiro atoms. The van der Waals surface area contributed by atoms with Crippen molar-refractivity contribution in [1.29, 1.82) is 0 Å². The molecule has 0 bridgehead atoms. The van der Waals surface area contributed by atoms with E-state index >= 15 is 0 Å². The van der Waals surface area contributed by atoms with Crippen LogP contribution in [-0.2, 0) is 13.6 Å². The third-order valence-electron chi connectivity index (χ3n) is 0.509. The topological polar surface area (TPSA) is 39.9 Å². The van der Waals surface area contributed by atoms with Gasteiger partial charge in [0, 0.05) is 0 Å². The molecule has 9 heavy (non-hydrogen) atoms. The number of hydrogen-bond acceptors (Lipinski definition) is 3. The van der Waals surface area contributed by atoms with Gasteiger partial charge < -0.3 is 4.52 Å². The van der Waals surface area contributed by atoms with E-state index < -0.39 is 8.25 Å². The number of nitrogens with zero attached hydrogens (tertiary/aromatic N) is 1. The van der Waals surface area contributed by atoms with Gasteiger partial charge in [-0.05, 0) is 6.92 Å². The van der Waals surface area contributed by atoms with Gasteiger partial charge in [0.2, 0.25) is 0 Å². The standard InChI is InChI=1S/C4H8NO3P/c1-3-7-9(6)8-4-5-2/h9H,3-4H2,1H3. The lowest BCUT2D eigenvalue weighted by Gasteiger charge is -1.94. The lowest BCUT2D eigenvalue weighted by molar-refractivity contribution is 0.251. The van der Waals surface area contributed by atoms with E-state index in [0.29, 0.717) is 6.61 Å². The summed E-state index contributed by atoms with van der Waals surface area (Å²) in [5.41, 5.74) is 0. The number of rotatable bonds is 4. The van der Waals surface area contributed by atoms with Gasteiger partial charge >= 0.3 is 15.0 Å². The van der Waals surface area contributed by atoms with Crippen LogP contribution in [-0.4, -0.2) is 13.3 Å². The first-order valence-corrected chi connectivity index (χ1v) is 3.66. The lowest BCUT2D eigenvalue weighted by atomic mass is 10.9. The molecule has 0 rings (SSSR count). The van der Waals surface area contributed by atoms with E-state index in [2.05, 4.69) is 13.9 Å². The van der Waals surface area contributed by atoms with Crippen LogP contribution in [0.3, 0.4) is 0 Å². The summed E-state index contributed by atoms with van der Waals surface area (Å²) >= 11 is 0. The van der Waals surface area contributed by atoms with Crippen molar-refractivity contribution >= 4 is 8.25 Å². The van der Waals surface area contributed by atoms with Gasteiger partial charge in [-0.1, -0.05) is 0 Å². The smallest absolute Gasteiger partial charge is 0.311 e. The van der Waals surface area contributed by atoms with Crippen LogP contribution < -0.4 is 0 Å². The summed E-state index contributed by atoms with van der Waals surface area (Å²) in [6.07, 6.45) is 0. The monoisotopic (exact) mass is 149 g/mol. The van der Waals surface area contributed by atoms with Crippen molar-refractivity contribution in [3.63, 3.8) is 0 Å². The van der Waals surface area contributed by atoms with Crippen molar-refractivity contribution in [3.8, 4) is 0 Å². The third-order valence-corrected chi connectivity index (χ3v) is 1.40. The highest BCUT2D eigenvalue weighted by Crippen LogP contribution is 2.22. The van der Waals surface area contributed by atoms with Crippen LogP contribution in [0.25, 0.3) is 4.85 Å². The Labute approximate surface area is 54.5 Å². The van der Waals surface area contributed by atoms with E-state index in [1.165, 1.54) is 0 Å². The molecule has 0 aromatic rings. The average molecular weight is 149 g/mol. The number of hydrogen-bond donors (Lipinski definition) is 0. The van der Waals surface area contributed by atoms with E-state index in [0.717, 1.165) is 0 Å². The lowest BCUT2D eigenvalue weighted by Crippen LogP contribution is -1.82. The second-order valence-corrected chi connectivity index (χ2v) is 2.19. The maximum absolute atomic E-state index is 10.4. The van der Waals surface area contributed by atoms with Crippen LogP contribution >= 0.6 is 8.25 Å². The minimum atomic E-state index is -2.37. The molecule has 0 radical (unpaired) electrons. The Morgan fingerprint density at radius 1 is 1.67 bits per heavy atom. The predicted octanol–water partition coefficient (Wildman–Crippen LogP) is 1.31. The second-order valence-electron chi connectivity index (χ2n) is 1.11. The fourth-order valence-electron chi connectivity index (χ4n) is 0.244. The molecule has 5 heteroatoms. The fraction of sp³-hybridized carbons (Fsp3) is 0.750. The van der Waals surface area contributed by atoms with Gasteiger partial charge in [-0.2, -0.15) is 0 Å². The highest BCUT2D eigenvalue weighted by molar-refractivity contribution is 7.33. The van der Waals surface area contributed by atoms with Crippen molar-refractivity contribution in [2.75, 3.05) is 13.3 Å². The molecule has 0 amide bonds. The molecule has 0 aliphatic heterocycles. The van der Waals surface area contributed by atoms with Crippen LogP contribution in [0.2, 0.25) is 0 Å². The van der Waals surface area contributed by atoms with E-state index in [9.17, 15) is 4.57 Å². The van der Waals surface area contributed by atoms with Crippen molar-refractivity contribution in [2.45, 2.75) is 6.92 Å². The Kier molecular flexibility index (Phi) is 5.54. The molecule has 52 valence electrons. The molecule has 0 aliphatic rings. The molecule has 0 saturated heterocycles. The minimum Gasteiger partial charge on any atom is -0.311 e. The summed E-state index contributed by atoms with van der Waals surface area (Å²) in [5.74, 6) is 0. The molecule has 4 nitrogen and oxygen atoms in total. The van der Waals surface area contributed by atoms with Crippen molar-refractivity contribution < 1.29 is 13.6 Å². The van der Waals surface area contributed by atoms with Crippen LogP contribution in [0.15, 0.2) is 0 Å². The van der Waals surface area contributed by atoms with Crippen LogP contribution in [0, 0.1) is 6.57 Å². The van der Waals surface area contributed by atoms with Gasteiger partial charge in [-0.15, -0.1) is 0 Å². The van der Waals surface area contributed by atoms with E-state index in [1.807, 2.05) is 0 Å². The first-order valence-electron chi connectivity index (χ1n) is 2.44. The first-order chi connectivity index (χ1) is 4.31. The average Bonchev–Trinajstić information content (AvgIpc) is 1.85. The van der Waals surface area contributed by atoms with Gasteiger partial charge in [0.15, 0.2) is 0 Å². The first kappa shape index (κ1) is 8.64. The largest absolute Gasteiger partial charge is 0.325 e. The van der Waals surface area contributed by atoms with Gasteiger partial charge in [0.1, 0.15) is 0 Å². The van der Waals surface area contributed by atoms with Crippen molar-refractivity contribution in [1.82, 2.24) is 0 Å². The fourth-order valence-corrected chi connectivity index (χ4v) is 0.733. The zero-order valence-corrected chi connectivity index (χ0v) is 6.09. The SMILES string of the molecule is [C-]#[N+]CO[PH](=O)OCC. The third kappa shape index (κ3) is 5.51. The molecule has 0 aromatic carbocycles. The normalized spacial score (nSPS) is 12.4. The Morgan fingerprint density at radius 3 is 2.78 bits per heavy atom. The molecule has 0 heterocycles. The molecule has 0 saturated carbocycles. The van der Waals surface area contributed by atoms with E-state index in [-0.39, 0.29) is 6.73 Å². The molecule has 0 fully saturated rings. The summed E-state index contributed by atoms with van der Waals surface area (Å²) in [6.45, 7) is 8.14. The minimum absolute atomic E-state index is 0.183. The molecule has 0 aromatic heterocycles. The molecular formula is C4H8NO3P. The summed E-state index contributed by atoms with van der Waals surface area (Å²) < 4.78 is 19.3. The molecule has 0 N–H and O–H groups in total. The summed E-state index contributed by atoms with van der Waals surface area (Å²) in [4.78, 5) is 2.83. The maximum atomic E-state index is 10.4. The predicted molar refractivity (Wildman–Crippen MR) is 33.2 cm³/mol. The molecule has 0 aliphatic carbocycles. The summed E-state index contributed by atoms with van der Waals surface area (Å²) in [5, 5.41) is 0. The van der Waals surface area contributed by atoms with E-state index in [4.69, 9.17) is 6.57 Å². The van der Waals surface area contributed by atoms with Gasteiger partial charge in [-0.3, -0.25) is 9.41 Å². The van der Waals surface area contributed by atoms with Crippen LogP contribution in [0.1, 0.15) is 6.92 Å². The Balaban J connectivity index is 3.19. The molecular weight excluding hydrogens is 141 g/mol. The van der Waals surface area contributed by atoms with Crippen molar-refractivity contribution in [3.05, 3.63) is 11.4 Å². The molecule has 1 atom stereocenters. The van der Waals surface area contributed by atoms with Crippen molar-refractivity contribution in [2.24, 2.45) is 0 Å². The van der Waals surface area contributed by atoms with Gasteiger partial charge in [-0.25, -0.2) is 11.1 Å². The van der Waals surface area contributed by atoms with Crippen LogP contribution in [0.5, 0.6) is 0 Å². The van der Waals surface area contributed by atoms with E-state index in [1.54, 1.807) is 6.92 Å². The highest BCUT2D eigenvalue weighted by atomic mass is 31.1. The molecule has 1 unspecified atom stereocenters. The van der Waals surface area contributed by atoms with Gasteiger partial charge in [0.05, 0.1) is 6.61 Å². The quantitative estimate of drug-likeness (QED) is 0.446. The highest BCUT2D eigenvalue weighted by Gasteiger charge is 1.96. The maximum Gasteiger partial charge on any atom is 0.325 e. The Hall–Kier alpha value is -0.360. The Morgan fingerprint density at radius 2 is 2.33 bits per heavy atom.